The third-order valence-electron chi connectivity index (χ3n) is 2.08. The van der Waals surface area contributed by atoms with E-state index in [-0.39, 0.29) is 0 Å². The summed E-state index contributed by atoms with van der Waals surface area (Å²) in [7, 11) is 1.71. The van der Waals surface area contributed by atoms with Gasteiger partial charge in [-0.05, 0) is 18.2 Å². The Labute approximate surface area is 86.5 Å². The van der Waals surface area contributed by atoms with Gasteiger partial charge in [0.15, 0.2) is 0 Å². The van der Waals surface area contributed by atoms with Crippen LogP contribution in [0.15, 0.2) is 24.3 Å². The maximum atomic E-state index is 12.4. The van der Waals surface area contributed by atoms with Crippen molar-refractivity contribution in [1.82, 2.24) is 0 Å². The van der Waals surface area contributed by atoms with Crippen LogP contribution in [0.5, 0.6) is 0 Å². The number of hydrogen-bond donors (Lipinski definition) is 1. The van der Waals surface area contributed by atoms with Crippen LogP contribution < -0.4 is 10.6 Å². The highest BCUT2D eigenvalue weighted by Gasteiger charge is 2.30. The minimum atomic E-state index is -4.29. The molecule has 0 aliphatic rings. The quantitative estimate of drug-likeness (QED) is 0.841. The number of halogens is 3. The molecule has 0 fully saturated rings. The van der Waals surface area contributed by atoms with Crippen molar-refractivity contribution in [3.8, 4) is 0 Å². The van der Waals surface area contributed by atoms with E-state index in [1.54, 1.807) is 18.0 Å². The molecule has 0 aliphatic carbocycles. The summed E-state index contributed by atoms with van der Waals surface area (Å²) >= 11 is 0. The van der Waals surface area contributed by atoms with Crippen molar-refractivity contribution in [2.75, 3.05) is 25.0 Å². The molecule has 1 rings (SSSR count). The van der Waals surface area contributed by atoms with Crippen molar-refractivity contribution < 1.29 is 13.2 Å². The fourth-order valence-electron chi connectivity index (χ4n) is 1.24. The Morgan fingerprint density at radius 1 is 1.33 bits per heavy atom. The monoisotopic (exact) mass is 218 g/mol. The van der Waals surface area contributed by atoms with Crippen LogP contribution in [0.2, 0.25) is 0 Å². The number of nitrogens with two attached hydrogens (primary N) is 1. The van der Waals surface area contributed by atoms with Gasteiger partial charge in [-0.3, -0.25) is 0 Å². The third kappa shape index (κ3) is 3.13. The number of rotatable bonds is 3. The lowest BCUT2D eigenvalue weighted by atomic mass is 10.2. The van der Waals surface area contributed by atoms with Crippen LogP contribution in [0.25, 0.3) is 0 Å². The number of likely N-dealkylation sites (N-methyl/N-ethyl adjacent to an activating group) is 1. The van der Waals surface area contributed by atoms with Crippen molar-refractivity contribution in [1.29, 1.82) is 0 Å². The predicted octanol–water partition coefficient (Wildman–Crippen LogP) is 2.10. The van der Waals surface area contributed by atoms with E-state index in [1.807, 2.05) is 0 Å². The van der Waals surface area contributed by atoms with Crippen LogP contribution in [0.4, 0.5) is 18.9 Å². The Kier molecular flexibility index (Phi) is 3.57. The molecule has 15 heavy (non-hydrogen) atoms. The van der Waals surface area contributed by atoms with Crippen LogP contribution in [-0.2, 0) is 6.18 Å². The average molecular weight is 218 g/mol. The first-order valence-electron chi connectivity index (χ1n) is 4.53. The smallest absolute Gasteiger partial charge is 0.373 e. The van der Waals surface area contributed by atoms with Crippen LogP contribution in [0.3, 0.4) is 0 Å². The van der Waals surface area contributed by atoms with Gasteiger partial charge in [-0.15, -0.1) is 0 Å². The second-order valence-corrected chi connectivity index (χ2v) is 3.26. The Morgan fingerprint density at radius 3 is 2.53 bits per heavy atom. The Bertz CT molecular complexity index is 323. The fraction of sp³-hybridized carbons (Fsp3) is 0.400. The highest BCUT2D eigenvalue weighted by atomic mass is 19.4. The summed E-state index contributed by atoms with van der Waals surface area (Å²) in [5.41, 5.74) is 5.21. The molecule has 0 aliphatic heterocycles. The molecule has 1 aromatic carbocycles. The van der Waals surface area contributed by atoms with Gasteiger partial charge in [0.1, 0.15) is 0 Å². The number of benzene rings is 1. The molecule has 0 amide bonds. The number of hydrogen-bond acceptors (Lipinski definition) is 2. The molecule has 1 aromatic rings. The zero-order valence-electron chi connectivity index (χ0n) is 8.38. The van der Waals surface area contributed by atoms with Crippen LogP contribution in [0, 0.1) is 0 Å². The highest BCUT2D eigenvalue weighted by Crippen LogP contribution is 2.31. The predicted molar refractivity (Wildman–Crippen MR) is 53.8 cm³/mol. The molecule has 84 valence electrons. The van der Waals surface area contributed by atoms with Gasteiger partial charge in [-0.25, -0.2) is 0 Å². The van der Waals surface area contributed by atoms with Gasteiger partial charge < -0.3 is 10.6 Å². The molecule has 2 nitrogen and oxygen atoms in total. The number of alkyl halides is 3. The Hall–Kier alpha value is -1.23. The zero-order valence-corrected chi connectivity index (χ0v) is 8.38. The van der Waals surface area contributed by atoms with Gasteiger partial charge in [0, 0.05) is 25.8 Å². The lowest BCUT2D eigenvalue weighted by molar-refractivity contribution is -0.137. The molecule has 0 atom stereocenters. The van der Waals surface area contributed by atoms with Crippen molar-refractivity contribution in [2.24, 2.45) is 5.73 Å². The van der Waals surface area contributed by atoms with Crippen LogP contribution >= 0.6 is 0 Å². The van der Waals surface area contributed by atoms with Gasteiger partial charge in [0.25, 0.3) is 0 Å². The second-order valence-electron chi connectivity index (χ2n) is 3.26. The Morgan fingerprint density at radius 2 is 2.00 bits per heavy atom. The first-order chi connectivity index (χ1) is 6.95. The molecular formula is C10H13F3N2. The molecule has 2 N–H and O–H groups in total. The molecule has 0 saturated carbocycles. The van der Waals surface area contributed by atoms with Crippen molar-refractivity contribution in [3.63, 3.8) is 0 Å². The third-order valence-corrected chi connectivity index (χ3v) is 2.08. The first kappa shape index (κ1) is 11.8. The molecule has 0 spiro atoms. The molecule has 0 heterocycles. The number of anilines is 1. The van der Waals surface area contributed by atoms with Gasteiger partial charge in [-0.2, -0.15) is 13.2 Å². The van der Waals surface area contributed by atoms with E-state index in [9.17, 15) is 13.2 Å². The topological polar surface area (TPSA) is 29.3 Å². The van der Waals surface area contributed by atoms with Crippen molar-refractivity contribution >= 4 is 5.69 Å². The minimum Gasteiger partial charge on any atom is -0.373 e. The molecule has 0 unspecified atom stereocenters. The number of nitrogens with zero attached hydrogens (tertiary/aromatic N) is 1. The SMILES string of the molecule is CN(CCN)c1cccc(C(F)(F)F)c1. The summed E-state index contributed by atoms with van der Waals surface area (Å²) in [4.78, 5) is 1.69. The summed E-state index contributed by atoms with van der Waals surface area (Å²) in [6.45, 7) is 0.939. The van der Waals surface area contributed by atoms with Crippen molar-refractivity contribution in [2.45, 2.75) is 6.18 Å². The van der Waals surface area contributed by atoms with E-state index in [4.69, 9.17) is 5.73 Å². The summed E-state index contributed by atoms with van der Waals surface area (Å²) in [5.74, 6) is 0. The van der Waals surface area contributed by atoms with Crippen LogP contribution in [0.1, 0.15) is 5.56 Å². The lowest BCUT2D eigenvalue weighted by Gasteiger charge is -2.19. The van der Waals surface area contributed by atoms with E-state index in [1.165, 1.54) is 6.07 Å². The second kappa shape index (κ2) is 4.53. The summed E-state index contributed by atoms with van der Waals surface area (Å²) in [6, 6.07) is 5.20. The van der Waals surface area contributed by atoms with Crippen molar-refractivity contribution in [3.05, 3.63) is 29.8 Å². The molecule has 0 saturated heterocycles. The van der Waals surface area contributed by atoms with E-state index in [2.05, 4.69) is 0 Å². The summed E-state index contributed by atoms with van der Waals surface area (Å²) in [5, 5.41) is 0. The molecule has 0 bridgehead atoms. The molecule has 5 heteroatoms. The van der Waals surface area contributed by atoms with Gasteiger partial charge in [-0.1, -0.05) is 6.07 Å². The van der Waals surface area contributed by atoms with E-state index in [0.717, 1.165) is 12.1 Å². The molecular weight excluding hydrogens is 205 g/mol. The molecule has 0 radical (unpaired) electrons. The normalized spacial score (nSPS) is 11.5. The lowest BCUT2D eigenvalue weighted by Crippen LogP contribution is -2.25. The standard InChI is InChI=1S/C10H13F3N2/c1-15(6-5-14)9-4-2-3-8(7-9)10(11,12)13/h2-4,7H,5-6,14H2,1H3. The minimum absolute atomic E-state index is 0.409. The van der Waals surface area contributed by atoms with Crippen LogP contribution in [-0.4, -0.2) is 20.1 Å². The van der Waals surface area contributed by atoms with E-state index >= 15 is 0 Å². The van der Waals surface area contributed by atoms with Gasteiger partial charge in [0.2, 0.25) is 0 Å². The zero-order chi connectivity index (χ0) is 11.5. The maximum absolute atomic E-state index is 12.4. The van der Waals surface area contributed by atoms with Gasteiger partial charge >= 0.3 is 6.18 Å². The first-order valence-corrected chi connectivity index (χ1v) is 4.53. The van der Waals surface area contributed by atoms with E-state index in [0.29, 0.717) is 18.8 Å². The summed E-state index contributed by atoms with van der Waals surface area (Å²) in [6.07, 6.45) is -4.29. The Balaban J connectivity index is 2.92. The van der Waals surface area contributed by atoms with E-state index < -0.39 is 11.7 Å². The average Bonchev–Trinajstić information content (AvgIpc) is 2.17. The molecule has 0 aromatic heterocycles. The highest BCUT2D eigenvalue weighted by molar-refractivity contribution is 5.48. The summed E-state index contributed by atoms with van der Waals surface area (Å²) < 4.78 is 37.1. The maximum Gasteiger partial charge on any atom is 0.416 e. The largest absolute Gasteiger partial charge is 0.416 e. The fourth-order valence-corrected chi connectivity index (χ4v) is 1.24. The van der Waals surface area contributed by atoms with Gasteiger partial charge in [0.05, 0.1) is 5.56 Å².